The first-order valence-corrected chi connectivity index (χ1v) is 6.52. The molecule has 5 N–H and O–H groups in total. The smallest absolute Gasteiger partial charge is 0.475 e. The first-order valence-electron chi connectivity index (χ1n) is 6.52. The number of nitrogens with one attached hydrogen (secondary N) is 1. The van der Waals surface area contributed by atoms with Gasteiger partial charge in [-0.25, -0.2) is 4.79 Å². The second kappa shape index (κ2) is 6.94. The quantitative estimate of drug-likeness (QED) is 0.444. The molecule has 23 heavy (non-hydrogen) atoms. The number of aromatic carboxylic acids is 1. The minimum Gasteiger partial charge on any atom is -0.507 e. The van der Waals surface area contributed by atoms with Crippen molar-refractivity contribution in [3.05, 3.63) is 47.3 Å². The number of nitrogens with zero attached hydrogens (tertiary/aromatic N) is 1. The maximum absolute atomic E-state index is 11.8. The molecule has 0 aliphatic rings. The van der Waals surface area contributed by atoms with E-state index in [2.05, 4.69) is 15.0 Å². The molecule has 0 spiro atoms. The standard InChI is InChI=1S/C13H13BN2O7/c17-11-7(2-1-3-8(11)13(19)20)6-10(14(21)22)16-12(18)9-4-5-15-23-9/h1-5,10,17,21-22H,6H2,(H,16,18)(H,19,20)/t10-/m0/s1. The molecular formula is C13H13BN2O7. The van der Waals surface area contributed by atoms with Crippen LogP contribution in [0, 0.1) is 0 Å². The Bertz CT molecular complexity index is 702. The lowest BCUT2D eigenvalue weighted by atomic mass is 9.75. The van der Waals surface area contributed by atoms with Crippen molar-refractivity contribution in [1.82, 2.24) is 10.5 Å². The minimum atomic E-state index is -1.94. The summed E-state index contributed by atoms with van der Waals surface area (Å²) >= 11 is 0. The van der Waals surface area contributed by atoms with Crippen LogP contribution in [-0.4, -0.2) is 50.4 Å². The average molecular weight is 320 g/mol. The SMILES string of the molecule is O=C(N[C@@H](Cc1cccc(C(=O)O)c1O)B(O)O)c1ccno1. The molecule has 1 amide bonds. The Kier molecular flexibility index (Phi) is 4.99. The molecule has 0 saturated carbocycles. The van der Waals surface area contributed by atoms with Gasteiger partial charge in [-0.2, -0.15) is 0 Å². The largest absolute Gasteiger partial charge is 0.507 e. The normalized spacial score (nSPS) is 11.7. The Labute approximate surface area is 130 Å². The highest BCUT2D eigenvalue weighted by molar-refractivity contribution is 6.43. The Morgan fingerprint density at radius 2 is 2.04 bits per heavy atom. The van der Waals surface area contributed by atoms with Crippen LogP contribution < -0.4 is 5.32 Å². The summed E-state index contributed by atoms with van der Waals surface area (Å²) in [7, 11) is -1.94. The number of aromatic hydroxyl groups is 1. The number of rotatable bonds is 6. The van der Waals surface area contributed by atoms with E-state index in [1.807, 2.05) is 0 Å². The predicted octanol–water partition coefficient (Wildman–Crippen LogP) is -0.569. The summed E-state index contributed by atoms with van der Waals surface area (Å²) in [5, 5.41) is 43.3. The molecule has 0 bridgehead atoms. The fourth-order valence-electron chi connectivity index (χ4n) is 1.97. The third kappa shape index (κ3) is 3.87. The summed E-state index contributed by atoms with van der Waals surface area (Å²) in [6.07, 6.45) is 1.05. The maximum atomic E-state index is 11.8. The minimum absolute atomic E-state index is 0.126. The van der Waals surface area contributed by atoms with Crippen molar-refractivity contribution in [1.29, 1.82) is 0 Å². The molecule has 9 nitrogen and oxygen atoms in total. The van der Waals surface area contributed by atoms with E-state index in [0.717, 1.165) is 0 Å². The third-order valence-electron chi connectivity index (χ3n) is 3.13. The molecule has 0 fully saturated rings. The number of benzene rings is 1. The number of carboxylic acid groups (broad SMARTS) is 1. The zero-order valence-corrected chi connectivity index (χ0v) is 11.7. The fourth-order valence-corrected chi connectivity index (χ4v) is 1.97. The van der Waals surface area contributed by atoms with Crippen LogP contribution in [0.1, 0.15) is 26.5 Å². The lowest BCUT2D eigenvalue weighted by Crippen LogP contribution is -2.47. The number of aromatic nitrogens is 1. The van der Waals surface area contributed by atoms with Crippen LogP contribution in [0.4, 0.5) is 0 Å². The zero-order valence-electron chi connectivity index (χ0n) is 11.7. The molecule has 1 aromatic carbocycles. The molecule has 0 saturated heterocycles. The van der Waals surface area contributed by atoms with Gasteiger partial charge >= 0.3 is 13.1 Å². The van der Waals surface area contributed by atoms with Crippen molar-refractivity contribution in [3.8, 4) is 5.75 Å². The summed E-state index contributed by atoms with van der Waals surface area (Å²) in [4.78, 5) is 22.8. The monoisotopic (exact) mass is 320 g/mol. The highest BCUT2D eigenvalue weighted by Crippen LogP contribution is 2.24. The second-order valence-corrected chi connectivity index (χ2v) is 4.69. The van der Waals surface area contributed by atoms with Crippen LogP contribution in [0.3, 0.4) is 0 Å². The maximum Gasteiger partial charge on any atom is 0.475 e. The van der Waals surface area contributed by atoms with Crippen LogP contribution in [0.5, 0.6) is 5.75 Å². The van der Waals surface area contributed by atoms with Crippen molar-refractivity contribution >= 4 is 19.0 Å². The molecule has 1 aromatic heterocycles. The summed E-state index contributed by atoms with van der Waals surface area (Å²) in [6, 6.07) is 5.31. The third-order valence-corrected chi connectivity index (χ3v) is 3.13. The van der Waals surface area contributed by atoms with E-state index in [1.165, 1.54) is 30.5 Å². The molecule has 0 aliphatic carbocycles. The summed E-state index contributed by atoms with van der Waals surface area (Å²) in [5.41, 5.74) is -0.184. The number of carboxylic acids is 1. The van der Waals surface area contributed by atoms with E-state index < -0.39 is 30.7 Å². The summed E-state index contributed by atoms with van der Waals surface area (Å²) in [6.45, 7) is 0. The van der Waals surface area contributed by atoms with Gasteiger partial charge in [0.2, 0.25) is 5.76 Å². The van der Waals surface area contributed by atoms with Crippen LogP contribution in [0.25, 0.3) is 0 Å². The number of amides is 1. The zero-order chi connectivity index (χ0) is 17.0. The number of carbonyl (C=O) groups excluding carboxylic acids is 1. The molecule has 0 aliphatic heterocycles. The molecule has 0 radical (unpaired) electrons. The summed E-state index contributed by atoms with van der Waals surface area (Å²) < 4.78 is 4.65. The number of hydrogen-bond acceptors (Lipinski definition) is 7. The number of para-hydroxylation sites is 1. The Balaban J connectivity index is 2.19. The Morgan fingerprint density at radius 3 is 2.61 bits per heavy atom. The first kappa shape index (κ1) is 16.5. The van der Waals surface area contributed by atoms with E-state index in [-0.39, 0.29) is 23.3 Å². The van der Waals surface area contributed by atoms with Crippen molar-refractivity contribution < 1.29 is 34.4 Å². The average Bonchev–Trinajstić information content (AvgIpc) is 3.02. The molecule has 2 aromatic rings. The van der Waals surface area contributed by atoms with E-state index in [0.29, 0.717) is 0 Å². The van der Waals surface area contributed by atoms with Gasteiger partial charge in [-0.15, -0.1) is 0 Å². The number of phenols is 1. The van der Waals surface area contributed by atoms with E-state index in [1.54, 1.807) is 0 Å². The molecule has 0 unspecified atom stereocenters. The van der Waals surface area contributed by atoms with Crippen molar-refractivity contribution in [2.75, 3.05) is 0 Å². The van der Waals surface area contributed by atoms with Gasteiger partial charge in [-0.1, -0.05) is 17.3 Å². The lowest BCUT2D eigenvalue weighted by molar-refractivity contribution is 0.0693. The Morgan fingerprint density at radius 1 is 1.30 bits per heavy atom. The number of carbonyl (C=O) groups is 2. The van der Waals surface area contributed by atoms with Crippen molar-refractivity contribution in [2.24, 2.45) is 0 Å². The highest BCUT2D eigenvalue weighted by Gasteiger charge is 2.28. The topological polar surface area (TPSA) is 153 Å². The van der Waals surface area contributed by atoms with Gasteiger partial charge < -0.3 is 30.1 Å². The molecule has 10 heteroatoms. The van der Waals surface area contributed by atoms with E-state index in [4.69, 9.17) is 5.11 Å². The van der Waals surface area contributed by atoms with E-state index >= 15 is 0 Å². The fraction of sp³-hybridized carbons (Fsp3) is 0.154. The highest BCUT2D eigenvalue weighted by atomic mass is 16.5. The van der Waals surface area contributed by atoms with Gasteiger partial charge in [-0.3, -0.25) is 4.79 Å². The molecule has 2 rings (SSSR count). The second-order valence-electron chi connectivity index (χ2n) is 4.69. The molecule has 120 valence electrons. The van der Waals surface area contributed by atoms with Crippen LogP contribution >= 0.6 is 0 Å². The number of hydrogen-bond donors (Lipinski definition) is 5. The molecular weight excluding hydrogens is 307 g/mol. The van der Waals surface area contributed by atoms with Gasteiger partial charge in [0.15, 0.2) is 0 Å². The van der Waals surface area contributed by atoms with Crippen LogP contribution in [0.2, 0.25) is 0 Å². The van der Waals surface area contributed by atoms with E-state index in [9.17, 15) is 24.7 Å². The van der Waals surface area contributed by atoms with Crippen molar-refractivity contribution in [3.63, 3.8) is 0 Å². The van der Waals surface area contributed by atoms with Crippen LogP contribution in [0.15, 0.2) is 35.0 Å². The van der Waals surface area contributed by atoms with Crippen LogP contribution in [-0.2, 0) is 6.42 Å². The van der Waals surface area contributed by atoms with Gasteiger partial charge in [0.1, 0.15) is 11.3 Å². The molecule has 1 heterocycles. The van der Waals surface area contributed by atoms with Crippen molar-refractivity contribution in [2.45, 2.75) is 12.4 Å². The van der Waals surface area contributed by atoms with Gasteiger partial charge in [0, 0.05) is 6.07 Å². The van der Waals surface area contributed by atoms with Gasteiger partial charge in [-0.05, 0) is 18.1 Å². The first-order chi connectivity index (χ1) is 10.9. The summed E-state index contributed by atoms with van der Waals surface area (Å²) in [5.74, 6) is -3.87. The predicted molar refractivity (Wildman–Crippen MR) is 76.7 cm³/mol. The van der Waals surface area contributed by atoms with Gasteiger partial charge in [0.25, 0.3) is 5.91 Å². The lowest BCUT2D eigenvalue weighted by Gasteiger charge is -2.18. The Hall–Kier alpha value is -2.85. The molecule has 1 atom stereocenters. The van der Waals surface area contributed by atoms with Gasteiger partial charge in [0.05, 0.1) is 12.1 Å².